The molecule has 1 N–H and O–H groups in total. The van der Waals surface area contributed by atoms with Crippen molar-refractivity contribution in [1.29, 1.82) is 0 Å². The van der Waals surface area contributed by atoms with Crippen LogP contribution in [0.4, 0.5) is 0 Å². The Hall–Kier alpha value is -2.09. The molecule has 1 unspecified atom stereocenters. The highest BCUT2D eigenvalue weighted by atomic mass is 35.5. The molecule has 0 spiro atoms. The topological polar surface area (TPSA) is 12.0 Å². The summed E-state index contributed by atoms with van der Waals surface area (Å²) in [5.41, 5.74) is 5.35. The van der Waals surface area contributed by atoms with E-state index in [9.17, 15) is 0 Å². The molecule has 0 saturated heterocycles. The van der Waals surface area contributed by atoms with Gasteiger partial charge in [0.15, 0.2) is 0 Å². The zero-order valence-electron chi connectivity index (χ0n) is 14.0. The Morgan fingerprint density at radius 3 is 1.88 bits per heavy atom. The molecule has 0 bridgehead atoms. The minimum absolute atomic E-state index is 0. The minimum Gasteiger partial charge on any atom is -0.312 e. The number of aryl methyl sites for hydroxylation is 1. The van der Waals surface area contributed by atoms with Crippen LogP contribution in [0.2, 0.25) is 0 Å². The summed E-state index contributed by atoms with van der Waals surface area (Å²) in [6.45, 7) is 3.97. The van der Waals surface area contributed by atoms with E-state index in [1.165, 1.54) is 22.3 Å². The maximum absolute atomic E-state index is 3.61. The van der Waals surface area contributed by atoms with Gasteiger partial charge >= 0.3 is 0 Å². The molecule has 24 heavy (non-hydrogen) atoms. The maximum atomic E-state index is 3.61. The van der Waals surface area contributed by atoms with Gasteiger partial charge < -0.3 is 5.32 Å². The number of nitrogens with one attached hydrogen (secondary N) is 1. The molecular formula is C22H24ClN. The van der Waals surface area contributed by atoms with Crippen molar-refractivity contribution in [2.24, 2.45) is 0 Å². The lowest BCUT2D eigenvalue weighted by Crippen LogP contribution is -2.22. The van der Waals surface area contributed by atoms with Gasteiger partial charge in [-0.25, -0.2) is 0 Å². The van der Waals surface area contributed by atoms with Gasteiger partial charge in [-0.3, -0.25) is 0 Å². The summed E-state index contributed by atoms with van der Waals surface area (Å²) in [6, 6.07) is 30.2. The molecule has 1 atom stereocenters. The molecule has 0 radical (unpaired) electrons. The summed E-state index contributed by atoms with van der Waals surface area (Å²) < 4.78 is 0. The predicted octanol–water partition coefficient (Wildman–Crippen LogP) is 5.34. The average Bonchev–Trinajstić information content (AvgIpc) is 2.61. The fourth-order valence-electron chi connectivity index (χ4n) is 2.87. The Bertz CT molecular complexity index is 708. The first-order valence-corrected chi connectivity index (χ1v) is 8.19. The second-order valence-electron chi connectivity index (χ2n) is 5.99. The monoisotopic (exact) mass is 337 g/mol. The summed E-state index contributed by atoms with van der Waals surface area (Å²) in [4.78, 5) is 0. The maximum Gasteiger partial charge on any atom is 0.0214 e. The lowest BCUT2D eigenvalue weighted by atomic mass is 9.90. The van der Waals surface area contributed by atoms with Crippen LogP contribution < -0.4 is 5.32 Å². The third-order valence-corrected chi connectivity index (χ3v) is 4.20. The Labute approximate surface area is 151 Å². The van der Waals surface area contributed by atoms with E-state index in [0.717, 1.165) is 13.1 Å². The second kappa shape index (κ2) is 9.27. The van der Waals surface area contributed by atoms with Crippen LogP contribution in [0, 0.1) is 6.92 Å². The van der Waals surface area contributed by atoms with E-state index in [4.69, 9.17) is 0 Å². The zero-order valence-corrected chi connectivity index (χ0v) is 14.8. The van der Waals surface area contributed by atoms with Crippen molar-refractivity contribution >= 4 is 12.4 Å². The molecular weight excluding hydrogens is 314 g/mol. The Kier molecular flexibility index (Phi) is 7.05. The van der Waals surface area contributed by atoms with Crippen LogP contribution in [0.5, 0.6) is 0 Å². The highest BCUT2D eigenvalue weighted by Gasteiger charge is 2.13. The summed E-state index contributed by atoms with van der Waals surface area (Å²) in [6.07, 6.45) is 0. The average molecular weight is 338 g/mol. The molecule has 3 rings (SSSR count). The van der Waals surface area contributed by atoms with E-state index in [0.29, 0.717) is 5.92 Å². The van der Waals surface area contributed by atoms with Crippen molar-refractivity contribution in [3.63, 3.8) is 0 Å². The van der Waals surface area contributed by atoms with E-state index in [1.54, 1.807) is 0 Å². The smallest absolute Gasteiger partial charge is 0.0214 e. The van der Waals surface area contributed by atoms with Crippen molar-refractivity contribution in [1.82, 2.24) is 5.32 Å². The first kappa shape index (κ1) is 18.3. The molecule has 3 aromatic rings. The van der Waals surface area contributed by atoms with Gasteiger partial charge in [0.25, 0.3) is 0 Å². The fourth-order valence-corrected chi connectivity index (χ4v) is 2.87. The van der Waals surface area contributed by atoms with Gasteiger partial charge in [0, 0.05) is 19.0 Å². The lowest BCUT2D eigenvalue weighted by Gasteiger charge is -2.19. The van der Waals surface area contributed by atoms with Crippen molar-refractivity contribution in [2.75, 3.05) is 6.54 Å². The molecule has 1 nitrogen and oxygen atoms in total. The molecule has 2 heteroatoms. The van der Waals surface area contributed by atoms with Crippen LogP contribution in [0.3, 0.4) is 0 Å². The molecule has 0 aromatic heterocycles. The summed E-state index contributed by atoms with van der Waals surface area (Å²) in [5.74, 6) is 0.375. The van der Waals surface area contributed by atoms with Gasteiger partial charge in [-0.1, -0.05) is 90.5 Å². The van der Waals surface area contributed by atoms with E-state index in [2.05, 4.69) is 97.2 Å². The highest BCUT2D eigenvalue weighted by Crippen LogP contribution is 2.24. The van der Waals surface area contributed by atoms with Gasteiger partial charge in [0.1, 0.15) is 0 Å². The first-order valence-electron chi connectivity index (χ1n) is 8.19. The fraction of sp³-hybridized carbons (Fsp3) is 0.182. The van der Waals surface area contributed by atoms with Crippen molar-refractivity contribution in [3.8, 4) is 0 Å². The third-order valence-electron chi connectivity index (χ3n) is 4.20. The van der Waals surface area contributed by atoms with E-state index in [1.807, 2.05) is 0 Å². The van der Waals surface area contributed by atoms with Gasteiger partial charge in [0.05, 0.1) is 0 Å². The quantitative estimate of drug-likeness (QED) is 0.640. The molecule has 0 aliphatic carbocycles. The predicted molar refractivity (Wildman–Crippen MR) is 105 cm³/mol. The van der Waals surface area contributed by atoms with Crippen LogP contribution in [0.25, 0.3) is 0 Å². The van der Waals surface area contributed by atoms with Crippen molar-refractivity contribution in [2.45, 2.75) is 19.4 Å². The van der Waals surface area contributed by atoms with Gasteiger partial charge in [-0.2, -0.15) is 0 Å². The van der Waals surface area contributed by atoms with Crippen LogP contribution in [-0.2, 0) is 6.54 Å². The molecule has 124 valence electrons. The lowest BCUT2D eigenvalue weighted by molar-refractivity contribution is 0.636. The molecule has 0 heterocycles. The van der Waals surface area contributed by atoms with Crippen LogP contribution in [0.1, 0.15) is 28.2 Å². The number of rotatable bonds is 6. The summed E-state index contributed by atoms with van der Waals surface area (Å²) >= 11 is 0. The van der Waals surface area contributed by atoms with Gasteiger partial charge in [-0.05, 0) is 23.6 Å². The zero-order chi connectivity index (χ0) is 15.9. The van der Waals surface area contributed by atoms with Crippen LogP contribution >= 0.6 is 12.4 Å². The molecule has 0 amide bonds. The Morgan fingerprint density at radius 1 is 0.708 bits per heavy atom. The molecule has 0 aliphatic heterocycles. The molecule has 0 saturated carbocycles. The second-order valence-corrected chi connectivity index (χ2v) is 5.99. The van der Waals surface area contributed by atoms with Gasteiger partial charge in [0.2, 0.25) is 0 Å². The number of hydrogen-bond acceptors (Lipinski definition) is 1. The Balaban J connectivity index is 0.00000208. The third kappa shape index (κ3) is 4.95. The van der Waals surface area contributed by atoms with E-state index >= 15 is 0 Å². The van der Waals surface area contributed by atoms with Gasteiger partial charge in [-0.15, -0.1) is 12.4 Å². The van der Waals surface area contributed by atoms with Crippen molar-refractivity contribution in [3.05, 3.63) is 107 Å². The Morgan fingerprint density at radius 2 is 1.25 bits per heavy atom. The first-order chi connectivity index (χ1) is 11.3. The largest absolute Gasteiger partial charge is 0.312 e. The SMILES string of the molecule is Cc1ccc(C(CNCc2ccccc2)c2ccccc2)cc1.Cl. The van der Waals surface area contributed by atoms with E-state index in [-0.39, 0.29) is 12.4 Å². The molecule has 0 fully saturated rings. The van der Waals surface area contributed by atoms with Crippen LogP contribution in [0.15, 0.2) is 84.9 Å². The molecule has 3 aromatic carbocycles. The molecule has 0 aliphatic rings. The highest BCUT2D eigenvalue weighted by molar-refractivity contribution is 5.85. The summed E-state index contributed by atoms with van der Waals surface area (Å²) in [5, 5.41) is 3.61. The normalized spacial score (nSPS) is 11.5. The van der Waals surface area contributed by atoms with E-state index < -0.39 is 0 Å². The number of benzene rings is 3. The number of hydrogen-bond donors (Lipinski definition) is 1. The minimum atomic E-state index is 0. The number of halogens is 1. The van der Waals surface area contributed by atoms with Crippen LogP contribution in [-0.4, -0.2) is 6.54 Å². The van der Waals surface area contributed by atoms with Crippen molar-refractivity contribution < 1.29 is 0 Å². The standard InChI is InChI=1S/C22H23N.ClH/c1-18-12-14-21(15-13-18)22(20-10-6-3-7-11-20)17-23-16-19-8-4-2-5-9-19;/h2-15,22-23H,16-17H2,1H3;1H. The summed E-state index contributed by atoms with van der Waals surface area (Å²) in [7, 11) is 0.